The topological polar surface area (TPSA) is 92.5 Å². The molecule has 184 valence electrons. The van der Waals surface area contributed by atoms with Crippen molar-refractivity contribution in [1.29, 1.82) is 0 Å². The summed E-state index contributed by atoms with van der Waals surface area (Å²) >= 11 is 1.29. The molecule has 1 aromatic carbocycles. The Morgan fingerprint density at radius 3 is 3.00 bits per heavy atom. The van der Waals surface area contributed by atoms with Crippen LogP contribution < -0.4 is 26.0 Å². The number of halogens is 2. The molecule has 3 atom stereocenters. The van der Waals surface area contributed by atoms with Crippen molar-refractivity contribution in [1.82, 2.24) is 15.6 Å². The molecule has 2 aromatic heterocycles. The highest BCUT2D eigenvalue weighted by molar-refractivity contribution is 7.21. The predicted molar refractivity (Wildman–Crippen MR) is 133 cm³/mol. The van der Waals surface area contributed by atoms with E-state index in [-0.39, 0.29) is 24.4 Å². The molecule has 10 heteroatoms. The number of nitrogens with two attached hydrogens (primary N) is 1. The second kappa shape index (κ2) is 8.30. The Morgan fingerprint density at radius 1 is 1.31 bits per heavy atom. The number of alkyl halides is 2. The molecule has 4 N–H and O–H groups in total. The Hall–Kier alpha value is -2.98. The second-order valence-corrected chi connectivity index (χ2v) is 10.7. The number of rotatable bonds is 3. The quantitative estimate of drug-likeness (QED) is 0.512. The Morgan fingerprint density at radius 2 is 2.17 bits per heavy atom. The number of thiophene rings is 1. The van der Waals surface area contributed by atoms with Crippen molar-refractivity contribution in [2.45, 2.75) is 37.8 Å². The molecule has 7 nitrogen and oxygen atoms in total. The third-order valence-electron chi connectivity index (χ3n) is 7.32. The molecule has 3 aliphatic heterocycles. The third kappa shape index (κ3) is 3.98. The summed E-state index contributed by atoms with van der Waals surface area (Å²) in [5.41, 5.74) is 9.42. The van der Waals surface area contributed by atoms with Crippen molar-refractivity contribution >= 4 is 38.8 Å². The van der Waals surface area contributed by atoms with Crippen LogP contribution in [0.15, 0.2) is 30.3 Å². The molecule has 35 heavy (non-hydrogen) atoms. The fraction of sp³-hybridized carbons (Fsp3) is 0.440. The zero-order valence-electron chi connectivity index (χ0n) is 19.3. The summed E-state index contributed by atoms with van der Waals surface area (Å²) in [6, 6.07) is 9.24. The van der Waals surface area contributed by atoms with Gasteiger partial charge >= 0.3 is 0 Å². The van der Waals surface area contributed by atoms with Crippen LogP contribution in [0.5, 0.6) is 5.75 Å². The van der Waals surface area contributed by atoms with Gasteiger partial charge in [-0.3, -0.25) is 4.79 Å². The lowest BCUT2D eigenvalue weighted by atomic mass is 9.90. The van der Waals surface area contributed by atoms with E-state index in [1.165, 1.54) is 11.3 Å². The van der Waals surface area contributed by atoms with Crippen LogP contribution in [0.1, 0.15) is 27.3 Å². The van der Waals surface area contributed by atoms with Gasteiger partial charge in [0, 0.05) is 54.9 Å². The SMILES string of the molecule is Cc1ccc2c(N)c(C(=O)N[C@H]3COc4cc(N5C[C@H]6NCCC(F)(F)[C@H]6C5)ccc4C3)sc2n1. The van der Waals surface area contributed by atoms with E-state index < -0.39 is 11.8 Å². The number of hydrogen-bond acceptors (Lipinski definition) is 7. The molecule has 3 aliphatic rings. The summed E-state index contributed by atoms with van der Waals surface area (Å²) in [4.78, 5) is 20.7. The Kier molecular flexibility index (Phi) is 5.33. The molecule has 6 rings (SSSR count). The molecule has 5 heterocycles. The van der Waals surface area contributed by atoms with E-state index in [1.807, 2.05) is 42.2 Å². The van der Waals surface area contributed by atoms with Gasteiger partial charge in [-0.1, -0.05) is 6.07 Å². The van der Waals surface area contributed by atoms with Gasteiger partial charge in [-0.05, 0) is 37.1 Å². The number of aromatic nitrogens is 1. The van der Waals surface area contributed by atoms with E-state index in [0.29, 0.717) is 43.2 Å². The van der Waals surface area contributed by atoms with Crippen LogP contribution in [0.3, 0.4) is 0 Å². The number of nitrogens with one attached hydrogen (secondary N) is 2. The molecule has 0 unspecified atom stereocenters. The third-order valence-corrected chi connectivity index (χ3v) is 8.44. The summed E-state index contributed by atoms with van der Waals surface area (Å²) in [5, 5.41) is 7.08. The van der Waals surface area contributed by atoms with Crippen LogP contribution >= 0.6 is 11.3 Å². The van der Waals surface area contributed by atoms with E-state index in [9.17, 15) is 13.6 Å². The maximum absolute atomic E-state index is 14.4. The van der Waals surface area contributed by atoms with Gasteiger partial charge in [0.2, 0.25) is 0 Å². The van der Waals surface area contributed by atoms with Crippen molar-refractivity contribution < 1.29 is 18.3 Å². The van der Waals surface area contributed by atoms with Crippen molar-refractivity contribution in [3.63, 3.8) is 0 Å². The smallest absolute Gasteiger partial charge is 0.263 e. The zero-order valence-corrected chi connectivity index (χ0v) is 20.1. The van der Waals surface area contributed by atoms with Crippen LogP contribution in [-0.2, 0) is 6.42 Å². The standard InChI is InChI=1S/C25H27F2N5O2S/c1-13-2-5-17-21(28)22(35-24(17)30-13)23(33)31-15-8-14-3-4-16(9-20(14)34-12-15)32-10-18-19(11-32)29-7-6-25(18,26)27/h2-5,9,15,18-19,29H,6-8,10-12,28H2,1H3,(H,31,33)/t15-,18+,19-/m1/s1. The summed E-state index contributed by atoms with van der Waals surface area (Å²) in [5.74, 6) is -2.80. The lowest BCUT2D eigenvalue weighted by Crippen LogP contribution is -2.51. The number of piperidine rings is 1. The highest BCUT2D eigenvalue weighted by atomic mass is 32.1. The molecule has 2 fully saturated rings. The van der Waals surface area contributed by atoms with E-state index in [2.05, 4.69) is 15.6 Å². The molecule has 0 aliphatic carbocycles. The maximum Gasteiger partial charge on any atom is 0.263 e. The van der Waals surface area contributed by atoms with Crippen molar-refractivity contribution in [2.75, 3.05) is 36.9 Å². The van der Waals surface area contributed by atoms with Crippen LogP contribution in [0.4, 0.5) is 20.2 Å². The van der Waals surface area contributed by atoms with Crippen LogP contribution in [-0.4, -0.2) is 55.1 Å². The number of carbonyl (C=O) groups is 1. The maximum atomic E-state index is 14.4. The van der Waals surface area contributed by atoms with Crippen LogP contribution in [0.2, 0.25) is 0 Å². The minimum Gasteiger partial charge on any atom is -0.491 e. The van der Waals surface area contributed by atoms with E-state index in [0.717, 1.165) is 32.9 Å². The number of carbonyl (C=O) groups excluding carboxylic acids is 1. The summed E-state index contributed by atoms with van der Waals surface area (Å²) in [6.45, 7) is 3.47. The number of nitrogens with zero attached hydrogens (tertiary/aromatic N) is 2. The van der Waals surface area contributed by atoms with Crippen molar-refractivity contribution in [3.8, 4) is 5.75 Å². The second-order valence-electron chi connectivity index (χ2n) is 9.71. The molecule has 3 aromatic rings. The van der Waals surface area contributed by atoms with Crippen molar-refractivity contribution in [3.05, 3.63) is 46.5 Å². The van der Waals surface area contributed by atoms with Crippen LogP contribution in [0.25, 0.3) is 10.2 Å². The van der Waals surface area contributed by atoms with Gasteiger partial charge < -0.3 is 26.0 Å². The van der Waals surface area contributed by atoms with Gasteiger partial charge in [-0.25, -0.2) is 13.8 Å². The number of ether oxygens (including phenoxy) is 1. The molecule has 0 bridgehead atoms. The number of aryl methyl sites for hydroxylation is 1. The fourth-order valence-corrected chi connectivity index (χ4v) is 6.46. The number of anilines is 2. The van der Waals surface area contributed by atoms with E-state index in [4.69, 9.17) is 10.5 Å². The monoisotopic (exact) mass is 499 g/mol. The first-order valence-electron chi connectivity index (χ1n) is 11.9. The van der Waals surface area contributed by atoms with Gasteiger partial charge in [-0.2, -0.15) is 0 Å². The summed E-state index contributed by atoms with van der Waals surface area (Å²) < 4.78 is 34.7. The number of nitrogen functional groups attached to an aromatic ring is 1. The van der Waals surface area contributed by atoms with Gasteiger partial charge in [0.1, 0.15) is 22.1 Å². The molecular weight excluding hydrogens is 472 g/mol. The summed E-state index contributed by atoms with van der Waals surface area (Å²) in [7, 11) is 0. The van der Waals surface area contributed by atoms with Gasteiger partial charge in [0.15, 0.2) is 0 Å². The number of benzene rings is 1. The fourth-order valence-electron chi connectivity index (χ4n) is 5.42. The lowest BCUT2D eigenvalue weighted by Gasteiger charge is -2.33. The minimum atomic E-state index is -2.63. The molecule has 0 spiro atoms. The highest BCUT2D eigenvalue weighted by Crippen LogP contribution is 2.40. The lowest BCUT2D eigenvalue weighted by molar-refractivity contribution is -0.0811. The number of fused-ring (bicyclic) bond motifs is 3. The average Bonchev–Trinajstić information content (AvgIpc) is 3.41. The molecule has 1 amide bonds. The highest BCUT2D eigenvalue weighted by Gasteiger charge is 2.51. The Bertz CT molecular complexity index is 1310. The van der Waals surface area contributed by atoms with Crippen molar-refractivity contribution in [2.24, 2.45) is 5.92 Å². The number of hydrogen-bond donors (Lipinski definition) is 3. The summed E-state index contributed by atoms with van der Waals surface area (Å²) in [6.07, 6.45) is 0.514. The van der Waals surface area contributed by atoms with E-state index >= 15 is 0 Å². The number of pyridine rings is 1. The number of amides is 1. The first-order valence-corrected chi connectivity index (χ1v) is 12.7. The molecule has 0 saturated carbocycles. The molecule has 0 radical (unpaired) electrons. The van der Waals surface area contributed by atoms with Crippen LogP contribution in [0, 0.1) is 12.8 Å². The minimum absolute atomic E-state index is 0.105. The molecule has 2 saturated heterocycles. The molecular formula is C25H27F2N5O2S. The average molecular weight is 500 g/mol. The van der Waals surface area contributed by atoms with Gasteiger partial charge in [0.05, 0.1) is 17.6 Å². The zero-order chi connectivity index (χ0) is 24.3. The Labute approximate surface area is 205 Å². The van der Waals surface area contributed by atoms with Gasteiger partial charge in [-0.15, -0.1) is 11.3 Å². The van der Waals surface area contributed by atoms with E-state index in [1.54, 1.807) is 0 Å². The largest absolute Gasteiger partial charge is 0.491 e. The first kappa shape index (κ1) is 22.5. The normalized spacial score (nSPS) is 25.1. The first-order chi connectivity index (χ1) is 16.8. The predicted octanol–water partition coefficient (Wildman–Crippen LogP) is 3.35. The Balaban J connectivity index is 1.14. The van der Waals surface area contributed by atoms with Gasteiger partial charge in [0.25, 0.3) is 11.8 Å².